The fraction of sp³-hybridized carbons (Fsp3) is 0.123. The number of aliphatic imine (C=N–C) groups is 2. The van der Waals surface area contributed by atoms with Crippen LogP contribution in [-0.2, 0) is 6.42 Å². The molecule has 9 aromatic rings. The lowest BCUT2D eigenvalue weighted by atomic mass is 9.86. The molecule has 2 aliphatic carbocycles. The third-order valence-electron chi connectivity index (χ3n) is 12.9. The molecule has 4 heteroatoms. The Balaban J connectivity index is 1.07. The van der Waals surface area contributed by atoms with Crippen molar-refractivity contribution in [3.8, 4) is 22.3 Å². The molecule has 1 aromatic heterocycles. The maximum atomic E-state index is 7.15. The third-order valence-corrected chi connectivity index (χ3v) is 12.9. The van der Waals surface area contributed by atoms with E-state index in [1.807, 2.05) is 0 Å². The monoisotopic (exact) mass is 785 g/mol. The summed E-state index contributed by atoms with van der Waals surface area (Å²) in [7, 11) is 0. The van der Waals surface area contributed by atoms with Crippen molar-refractivity contribution in [2.45, 2.75) is 32.9 Å². The van der Waals surface area contributed by atoms with Crippen molar-refractivity contribution in [1.82, 2.24) is 5.32 Å². The van der Waals surface area contributed by atoms with Crippen LogP contribution in [0.2, 0.25) is 0 Å². The summed E-state index contributed by atoms with van der Waals surface area (Å²) in [4.78, 5) is 10.6. The van der Waals surface area contributed by atoms with Gasteiger partial charge >= 0.3 is 0 Å². The van der Waals surface area contributed by atoms with Crippen LogP contribution in [0, 0.1) is 11.8 Å². The summed E-state index contributed by atoms with van der Waals surface area (Å²) >= 11 is 0. The van der Waals surface area contributed by atoms with E-state index in [1.54, 1.807) is 0 Å². The predicted molar refractivity (Wildman–Crippen MR) is 256 cm³/mol. The average Bonchev–Trinajstić information content (AvgIpc) is 3.68. The van der Waals surface area contributed by atoms with Gasteiger partial charge in [0.05, 0.1) is 0 Å². The van der Waals surface area contributed by atoms with Crippen LogP contribution in [0.4, 0.5) is 0 Å². The first kappa shape index (κ1) is 35.6. The summed E-state index contributed by atoms with van der Waals surface area (Å²) < 4.78 is 7.15. The number of fused-ring (bicyclic) bond motifs is 9. The van der Waals surface area contributed by atoms with Crippen molar-refractivity contribution in [1.29, 1.82) is 0 Å². The van der Waals surface area contributed by atoms with E-state index in [1.165, 1.54) is 48.7 Å². The molecule has 0 saturated heterocycles. The molecule has 0 bridgehead atoms. The number of nitrogens with zero attached hydrogens (tertiary/aromatic N) is 2. The minimum absolute atomic E-state index is 0.245. The summed E-state index contributed by atoms with van der Waals surface area (Å²) in [6.07, 6.45) is 10.4. The first-order chi connectivity index (χ1) is 30.0. The zero-order valence-electron chi connectivity index (χ0n) is 34.2. The maximum absolute atomic E-state index is 7.15. The minimum Gasteiger partial charge on any atom is -0.460 e. The van der Waals surface area contributed by atoms with Gasteiger partial charge in [-0.25, -0.2) is 9.98 Å². The van der Waals surface area contributed by atoms with Crippen molar-refractivity contribution < 1.29 is 4.42 Å². The zero-order chi connectivity index (χ0) is 40.6. The number of allylic oxidation sites excluding steroid dienone is 4. The molecule has 3 atom stereocenters. The van der Waals surface area contributed by atoms with Gasteiger partial charge in [-0.1, -0.05) is 166 Å². The summed E-state index contributed by atoms with van der Waals surface area (Å²) in [6, 6.07) is 55.3. The van der Waals surface area contributed by atoms with Gasteiger partial charge in [-0.15, -0.1) is 0 Å². The highest BCUT2D eigenvalue weighted by molar-refractivity contribution is 6.30. The van der Waals surface area contributed by atoms with Gasteiger partial charge in [0, 0.05) is 28.5 Å². The quantitative estimate of drug-likeness (QED) is 0.177. The fourth-order valence-corrected chi connectivity index (χ4v) is 9.91. The first-order valence-electron chi connectivity index (χ1n) is 21.5. The van der Waals surface area contributed by atoms with E-state index in [2.05, 4.69) is 195 Å². The molecule has 1 N–H and O–H groups in total. The Morgan fingerprint density at radius 1 is 0.574 bits per heavy atom. The van der Waals surface area contributed by atoms with Crippen LogP contribution in [-0.4, -0.2) is 11.7 Å². The topological polar surface area (TPSA) is 49.9 Å². The second-order valence-electron chi connectivity index (χ2n) is 17.1. The lowest BCUT2D eigenvalue weighted by Gasteiger charge is -2.28. The maximum Gasteiger partial charge on any atom is 0.155 e. The Morgan fingerprint density at radius 2 is 1.23 bits per heavy atom. The van der Waals surface area contributed by atoms with Gasteiger partial charge < -0.3 is 9.73 Å². The lowest BCUT2D eigenvalue weighted by molar-refractivity contribution is 0.513. The standard InChI is InChI=1S/C57H43N3O/c1-34-11-10-16-43(27-34)56-58-55(38-14-4-3-5-15-38)59-57(60-56)51-28-35(2)29-52-53(51)50-33-44(39-23-25-47-40(30-39)21-19-36-12-6-8-17-45(36)47)32-49(54(50)61-52)42-24-26-48-41(31-42)22-20-37-13-7-9-18-46(37)48/h3-26,28,30-35,55H,27,29H2,1-2H3,(H,58,59,60). The predicted octanol–water partition coefficient (Wildman–Crippen LogP) is 14.6. The van der Waals surface area contributed by atoms with Gasteiger partial charge in [0.1, 0.15) is 23.3 Å². The highest BCUT2D eigenvalue weighted by Crippen LogP contribution is 2.45. The fourth-order valence-electron chi connectivity index (χ4n) is 9.91. The van der Waals surface area contributed by atoms with E-state index in [0.717, 1.165) is 80.2 Å². The minimum atomic E-state index is -0.279. The van der Waals surface area contributed by atoms with Gasteiger partial charge in [-0.2, -0.15) is 0 Å². The SMILES string of the molecule is CC1C=CC=C(C2=NC(c3ccccc3)NC(C3=CC(C)Cc4oc5c(-c6ccc7c(ccc8ccccc87)c6)cc(-c6ccc7c(ccc8ccccc87)c6)cc5c43)=N2)C1. The van der Waals surface area contributed by atoms with Gasteiger partial charge in [-0.3, -0.25) is 0 Å². The van der Waals surface area contributed by atoms with Crippen LogP contribution >= 0.6 is 0 Å². The number of hydrogen-bond acceptors (Lipinski definition) is 4. The van der Waals surface area contributed by atoms with Gasteiger partial charge in [-0.05, 0) is 113 Å². The van der Waals surface area contributed by atoms with E-state index >= 15 is 0 Å². The molecule has 292 valence electrons. The molecular formula is C57H43N3O. The Morgan fingerprint density at radius 3 is 1.97 bits per heavy atom. The third kappa shape index (κ3) is 6.13. The summed E-state index contributed by atoms with van der Waals surface area (Å²) in [5, 5.41) is 14.9. The highest BCUT2D eigenvalue weighted by Gasteiger charge is 2.32. The second-order valence-corrected chi connectivity index (χ2v) is 17.1. The molecule has 0 fully saturated rings. The number of nitrogens with one attached hydrogen (secondary N) is 1. The van der Waals surface area contributed by atoms with Crippen LogP contribution < -0.4 is 5.32 Å². The number of amidine groups is 2. The molecule has 3 aliphatic rings. The van der Waals surface area contributed by atoms with Gasteiger partial charge in [0.15, 0.2) is 5.84 Å². The first-order valence-corrected chi connectivity index (χ1v) is 21.5. The number of benzene rings is 8. The van der Waals surface area contributed by atoms with Crippen molar-refractivity contribution >= 4 is 71.3 Å². The molecule has 12 rings (SSSR count). The van der Waals surface area contributed by atoms with E-state index in [0.29, 0.717) is 5.92 Å². The molecular weight excluding hydrogens is 743 g/mol. The Hall–Kier alpha value is -7.30. The van der Waals surface area contributed by atoms with Crippen molar-refractivity contribution in [3.63, 3.8) is 0 Å². The molecule has 61 heavy (non-hydrogen) atoms. The van der Waals surface area contributed by atoms with Crippen LogP contribution in [0.15, 0.2) is 196 Å². The van der Waals surface area contributed by atoms with Crippen LogP contribution in [0.25, 0.3) is 81.9 Å². The van der Waals surface area contributed by atoms with E-state index < -0.39 is 0 Å². The molecule has 0 saturated carbocycles. The molecule has 8 aromatic carbocycles. The van der Waals surface area contributed by atoms with Crippen LogP contribution in [0.5, 0.6) is 0 Å². The average molecular weight is 786 g/mol. The van der Waals surface area contributed by atoms with Crippen LogP contribution in [0.3, 0.4) is 0 Å². The van der Waals surface area contributed by atoms with E-state index in [9.17, 15) is 0 Å². The number of hydrogen-bond donors (Lipinski definition) is 1. The second kappa shape index (κ2) is 14.2. The summed E-state index contributed by atoms with van der Waals surface area (Å²) in [6.45, 7) is 4.53. The zero-order valence-corrected chi connectivity index (χ0v) is 34.2. The lowest BCUT2D eigenvalue weighted by Crippen LogP contribution is -2.35. The normalized spacial score (nSPS) is 18.8. The summed E-state index contributed by atoms with van der Waals surface area (Å²) in [5.41, 5.74) is 9.87. The van der Waals surface area contributed by atoms with Crippen LogP contribution in [0.1, 0.15) is 43.3 Å². The molecule has 0 radical (unpaired) electrons. The molecule has 3 unspecified atom stereocenters. The van der Waals surface area contributed by atoms with E-state index in [4.69, 9.17) is 14.4 Å². The molecule has 2 heterocycles. The highest BCUT2D eigenvalue weighted by atomic mass is 16.3. The molecule has 1 aliphatic heterocycles. The van der Waals surface area contributed by atoms with Gasteiger partial charge in [0.2, 0.25) is 0 Å². The van der Waals surface area contributed by atoms with Gasteiger partial charge in [0.25, 0.3) is 0 Å². The molecule has 4 nitrogen and oxygen atoms in total. The van der Waals surface area contributed by atoms with Crippen molar-refractivity contribution in [3.05, 3.63) is 198 Å². The largest absolute Gasteiger partial charge is 0.460 e. The Kier molecular flexibility index (Phi) is 8.28. The number of rotatable bonds is 5. The summed E-state index contributed by atoms with van der Waals surface area (Å²) in [5.74, 6) is 3.28. The van der Waals surface area contributed by atoms with Crippen molar-refractivity contribution in [2.24, 2.45) is 21.8 Å². The van der Waals surface area contributed by atoms with Crippen molar-refractivity contribution in [2.75, 3.05) is 0 Å². The number of furan rings is 1. The molecule has 0 spiro atoms. The Labute approximate surface area is 355 Å². The smallest absolute Gasteiger partial charge is 0.155 e. The van der Waals surface area contributed by atoms with E-state index in [-0.39, 0.29) is 12.1 Å². The Bertz CT molecular complexity index is 3430. The molecule has 0 amide bonds.